The molecule has 2 rings (SSSR count). The molecule has 0 aliphatic carbocycles. The van der Waals surface area contributed by atoms with Crippen LogP contribution in [0.15, 0.2) is 12.1 Å². The monoisotopic (exact) mass is 295 g/mol. The number of aromatic carboxylic acids is 1. The Bertz CT molecular complexity index is 676. The number of H-pyrrole nitrogens is 1. The van der Waals surface area contributed by atoms with Crippen molar-refractivity contribution in [1.29, 1.82) is 0 Å². The zero-order valence-corrected chi connectivity index (χ0v) is 12.4. The van der Waals surface area contributed by atoms with E-state index in [1.165, 1.54) is 10.8 Å². The van der Waals surface area contributed by atoms with E-state index >= 15 is 0 Å². The summed E-state index contributed by atoms with van der Waals surface area (Å²) >= 11 is 0. The fourth-order valence-electron chi connectivity index (χ4n) is 2.09. The number of carboxylic acids is 1. The van der Waals surface area contributed by atoms with Gasteiger partial charge in [-0.2, -0.15) is 0 Å². The highest BCUT2D eigenvalue weighted by atomic mass is 33.1. The van der Waals surface area contributed by atoms with Crippen molar-refractivity contribution in [3.8, 4) is 0 Å². The minimum Gasteiger partial charge on any atom is -0.477 e. The highest BCUT2D eigenvalue weighted by molar-refractivity contribution is 8.82. The van der Waals surface area contributed by atoms with Crippen LogP contribution < -0.4 is 0 Å². The van der Waals surface area contributed by atoms with Crippen LogP contribution in [0.1, 0.15) is 32.0 Å². The molecule has 0 amide bonds. The number of hydrogen-bond donors (Lipinski definition) is 2. The number of nitrogens with one attached hydrogen (secondary N) is 1. The molecular formula is C13H13NO3S2. The van der Waals surface area contributed by atoms with Crippen molar-refractivity contribution in [3.63, 3.8) is 0 Å². The minimum atomic E-state index is -1.11. The molecule has 0 spiro atoms. The number of aryl methyl sites for hydroxylation is 2. The highest BCUT2D eigenvalue weighted by Crippen LogP contribution is 2.33. The van der Waals surface area contributed by atoms with Crippen molar-refractivity contribution >= 4 is 43.6 Å². The molecule has 0 bridgehead atoms. The number of rotatable bonds is 3. The summed E-state index contributed by atoms with van der Waals surface area (Å²) in [4.78, 5) is 26.4. The third-order valence-electron chi connectivity index (χ3n) is 2.95. The van der Waals surface area contributed by atoms with Gasteiger partial charge in [-0.15, -0.1) is 0 Å². The molecule has 2 aromatic rings. The van der Waals surface area contributed by atoms with E-state index in [2.05, 4.69) is 4.98 Å². The van der Waals surface area contributed by atoms with Gasteiger partial charge < -0.3 is 10.1 Å². The van der Waals surface area contributed by atoms with E-state index < -0.39 is 5.97 Å². The van der Waals surface area contributed by atoms with Crippen LogP contribution in [0.25, 0.3) is 10.9 Å². The van der Waals surface area contributed by atoms with Crippen molar-refractivity contribution < 1.29 is 14.7 Å². The first kappa shape index (κ1) is 14.0. The Morgan fingerprint density at radius 2 is 1.84 bits per heavy atom. The Kier molecular flexibility index (Phi) is 3.91. The Morgan fingerprint density at radius 1 is 1.21 bits per heavy atom. The van der Waals surface area contributed by atoms with Gasteiger partial charge in [0.25, 0.3) is 0 Å². The van der Waals surface area contributed by atoms with Crippen molar-refractivity contribution in [2.75, 3.05) is 6.26 Å². The Balaban J connectivity index is 2.84. The summed E-state index contributed by atoms with van der Waals surface area (Å²) in [5, 5.41) is 9.75. The average Bonchev–Trinajstić information content (AvgIpc) is 2.76. The molecule has 6 heteroatoms. The van der Waals surface area contributed by atoms with Crippen LogP contribution in [0.4, 0.5) is 0 Å². The van der Waals surface area contributed by atoms with Crippen molar-refractivity contribution in [2.24, 2.45) is 0 Å². The van der Waals surface area contributed by atoms with E-state index in [1.807, 2.05) is 26.0 Å². The van der Waals surface area contributed by atoms with E-state index in [9.17, 15) is 14.7 Å². The summed E-state index contributed by atoms with van der Waals surface area (Å²) in [5.74, 6) is -1.11. The second kappa shape index (κ2) is 5.30. The average molecular weight is 295 g/mol. The van der Waals surface area contributed by atoms with E-state index in [0.717, 1.165) is 27.4 Å². The molecule has 0 unspecified atom stereocenters. The number of benzene rings is 1. The van der Waals surface area contributed by atoms with Gasteiger partial charge in [0.05, 0.1) is 11.1 Å². The fraction of sp³-hybridized carbons (Fsp3) is 0.231. The van der Waals surface area contributed by atoms with Crippen LogP contribution in [-0.4, -0.2) is 27.4 Å². The van der Waals surface area contributed by atoms with E-state index in [0.29, 0.717) is 5.39 Å². The summed E-state index contributed by atoms with van der Waals surface area (Å²) in [7, 11) is 2.35. The third-order valence-corrected chi connectivity index (χ3v) is 4.43. The molecule has 0 saturated carbocycles. The van der Waals surface area contributed by atoms with Crippen LogP contribution >= 0.6 is 21.6 Å². The number of carbonyl (C=O) groups is 2. The lowest BCUT2D eigenvalue weighted by Gasteiger charge is -2.02. The normalized spacial score (nSPS) is 10.9. The number of carboxylic acid groups (broad SMARTS) is 1. The number of hydrogen-bond acceptors (Lipinski definition) is 4. The smallest absolute Gasteiger partial charge is 0.353 e. The number of aromatic amines is 1. The van der Waals surface area contributed by atoms with E-state index in [4.69, 9.17) is 0 Å². The van der Waals surface area contributed by atoms with Gasteiger partial charge in [-0.3, -0.25) is 4.79 Å². The lowest BCUT2D eigenvalue weighted by molar-refractivity contribution is 0.0688. The Morgan fingerprint density at radius 3 is 2.42 bits per heavy atom. The first-order valence-electron chi connectivity index (χ1n) is 5.57. The van der Waals surface area contributed by atoms with Gasteiger partial charge in [0.1, 0.15) is 5.69 Å². The molecule has 100 valence electrons. The van der Waals surface area contributed by atoms with Crippen molar-refractivity contribution in [1.82, 2.24) is 4.98 Å². The zero-order valence-electron chi connectivity index (χ0n) is 10.7. The van der Waals surface area contributed by atoms with Crippen LogP contribution in [0.5, 0.6) is 0 Å². The SMILES string of the molecule is CSSC(=O)c1c(C(=O)O)[nH]c2c(C)ccc(C)c12. The van der Waals surface area contributed by atoms with Gasteiger partial charge in [-0.25, -0.2) is 4.79 Å². The van der Waals surface area contributed by atoms with Crippen LogP contribution in [-0.2, 0) is 0 Å². The lowest BCUT2D eigenvalue weighted by atomic mass is 10.0. The minimum absolute atomic E-state index is 0.0288. The molecular weight excluding hydrogens is 282 g/mol. The summed E-state index contributed by atoms with van der Waals surface area (Å²) in [6.07, 6.45) is 1.79. The molecule has 1 heterocycles. The highest BCUT2D eigenvalue weighted by Gasteiger charge is 2.24. The quantitative estimate of drug-likeness (QED) is 0.846. The van der Waals surface area contributed by atoms with Crippen molar-refractivity contribution in [3.05, 3.63) is 34.5 Å². The second-order valence-electron chi connectivity index (χ2n) is 4.17. The van der Waals surface area contributed by atoms with E-state index in [1.54, 1.807) is 6.26 Å². The maximum absolute atomic E-state index is 12.2. The first-order chi connectivity index (χ1) is 8.97. The third kappa shape index (κ3) is 2.37. The second-order valence-corrected chi connectivity index (χ2v) is 6.54. The van der Waals surface area contributed by atoms with Crippen molar-refractivity contribution in [2.45, 2.75) is 13.8 Å². The number of carbonyl (C=O) groups excluding carboxylic acids is 1. The van der Waals surface area contributed by atoms with Crippen LogP contribution in [0, 0.1) is 13.8 Å². The molecule has 0 saturated heterocycles. The van der Waals surface area contributed by atoms with Gasteiger partial charge in [0.2, 0.25) is 5.12 Å². The van der Waals surface area contributed by atoms with Crippen LogP contribution in [0.2, 0.25) is 0 Å². The summed E-state index contributed by atoms with van der Waals surface area (Å²) in [5.41, 5.74) is 2.79. The molecule has 19 heavy (non-hydrogen) atoms. The van der Waals surface area contributed by atoms with Gasteiger partial charge in [0, 0.05) is 5.39 Å². The van der Waals surface area contributed by atoms with Gasteiger partial charge in [0.15, 0.2) is 0 Å². The molecule has 0 fully saturated rings. The largest absolute Gasteiger partial charge is 0.477 e. The summed E-state index contributed by atoms with van der Waals surface area (Å²) in [6, 6.07) is 3.81. The molecule has 0 aliphatic heterocycles. The molecule has 4 nitrogen and oxygen atoms in total. The topological polar surface area (TPSA) is 70.2 Å². The summed E-state index contributed by atoms with van der Waals surface area (Å²) < 4.78 is 0. The predicted molar refractivity (Wildman–Crippen MR) is 80.2 cm³/mol. The van der Waals surface area contributed by atoms with Crippen LogP contribution in [0.3, 0.4) is 0 Å². The van der Waals surface area contributed by atoms with Gasteiger partial charge in [-0.05, 0) is 42.0 Å². The molecule has 0 aliphatic rings. The molecule has 0 radical (unpaired) electrons. The standard InChI is InChI=1S/C13H13NO3S2/c1-6-4-5-7(2)10-8(6)9(13(17)19-18-3)11(14-10)12(15)16/h4-5,14H,1-3H3,(H,15,16). The maximum atomic E-state index is 12.2. The van der Waals surface area contributed by atoms with Gasteiger partial charge >= 0.3 is 5.97 Å². The Labute approximate surface area is 118 Å². The number of fused-ring (bicyclic) bond motifs is 1. The predicted octanol–water partition coefficient (Wildman–Crippen LogP) is 3.63. The molecule has 2 N–H and O–H groups in total. The first-order valence-corrected chi connectivity index (χ1v) is 8.13. The van der Waals surface area contributed by atoms with E-state index in [-0.39, 0.29) is 16.4 Å². The molecule has 0 atom stereocenters. The molecule has 1 aromatic carbocycles. The fourth-order valence-corrected chi connectivity index (χ4v) is 3.23. The maximum Gasteiger partial charge on any atom is 0.353 e. The Hall–Kier alpha value is -1.40. The van der Waals surface area contributed by atoms with Gasteiger partial charge in [-0.1, -0.05) is 22.9 Å². The zero-order chi connectivity index (χ0) is 14.2. The summed E-state index contributed by atoms with van der Waals surface area (Å²) in [6.45, 7) is 3.77. The molecule has 1 aromatic heterocycles. The lowest BCUT2D eigenvalue weighted by Crippen LogP contribution is -2.04. The number of aromatic nitrogens is 1.